The first-order valence-corrected chi connectivity index (χ1v) is 7.90. The Labute approximate surface area is 107 Å². The number of hydrogen-bond donors (Lipinski definition) is 1. The Morgan fingerprint density at radius 3 is 2.50 bits per heavy atom. The molecule has 0 radical (unpaired) electrons. The van der Waals surface area contributed by atoms with Gasteiger partial charge in [0.15, 0.2) is 5.13 Å². The highest BCUT2D eigenvalue weighted by molar-refractivity contribution is 8.01. The molecule has 1 heterocycles. The minimum absolute atomic E-state index is 0.697. The Kier molecular flexibility index (Phi) is 6.88. The Hall–Kier alpha value is -0.220. The molecule has 2 nitrogen and oxygen atoms in total. The maximum atomic E-state index is 5.66. The first kappa shape index (κ1) is 13.8. The van der Waals surface area contributed by atoms with Crippen LogP contribution in [0.25, 0.3) is 0 Å². The van der Waals surface area contributed by atoms with Crippen molar-refractivity contribution in [2.24, 2.45) is 0 Å². The molecule has 16 heavy (non-hydrogen) atoms. The van der Waals surface area contributed by atoms with Crippen molar-refractivity contribution < 1.29 is 0 Å². The number of rotatable bonds is 8. The topological polar surface area (TPSA) is 38.9 Å². The van der Waals surface area contributed by atoms with Crippen molar-refractivity contribution in [2.75, 3.05) is 11.5 Å². The van der Waals surface area contributed by atoms with Crippen LogP contribution in [0.2, 0.25) is 0 Å². The predicted molar refractivity (Wildman–Crippen MR) is 75.4 cm³/mol. The van der Waals surface area contributed by atoms with E-state index >= 15 is 0 Å². The molecule has 0 bridgehead atoms. The summed E-state index contributed by atoms with van der Waals surface area (Å²) >= 11 is 3.52. The van der Waals surface area contributed by atoms with Crippen LogP contribution >= 0.6 is 23.1 Å². The van der Waals surface area contributed by atoms with E-state index in [0.717, 1.165) is 5.69 Å². The van der Waals surface area contributed by atoms with Crippen LogP contribution in [-0.4, -0.2) is 10.7 Å². The van der Waals surface area contributed by atoms with E-state index in [1.165, 1.54) is 48.5 Å². The normalized spacial score (nSPS) is 10.9. The van der Waals surface area contributed by atoms with Gasteiger partial charge < -0.3 is 5.73 Å². The van der Waals surface area contributed by atoms with Gasteiger partial charge in [-0.25, -0.2) is 4.98 Å². The zero-order valence-electron chi connectivity index (χ0n) is 10.3. The van der Waals surface area contributed by atoms with Crippen molar-refractivity contribution in [3.8, 4) is 0 Å². The van der Waals surface area contributed by atoms with Gasteiger partial charge in [0.1, 0.15) is 0 Å². The molecule has 0 aliphatic heterocycles. The average Bonchev–Trinajstić information content (AvgIpc) is 2.56. The Morgan fingerprint density at radius 2 is 1.88 bits per heavy atom. The molecule has 1 aromatic heterocycles. The number of anilines is 1. The monoisotopic (exact) mass is 258 g/mol. The maximum Gasteiger partial charge on any atom is 0.181 e. The van der Waals surface area contributed by atoms with Crippen LogP contribution in [0.4, 0.5) is 5.13 Å². The van der Waals surface area contributed by atoms with E-state index < -0.39 is 0 Å². The zero-order valence-corrected chi connectivity index (χ0v) is 11.9. The van der Waals surface area contributed by atoms with Crippen LogP contribution in [0.5, 0.6) is 0 Å². The number of hydrogen-bond acceptors (Lipinski definition) is 4. The molecular weight excluding hydrogens is 236 g/mol. The van der Waals surface area contributed by atoms with Gasteiger partial charge in [-0.05, 0) is 19.1 Å². The fraction of sp³-hybridized carbons (Fsp3) is 0.750. The third-order valence-corrected chi connectivity index (χ3v) is 4.94. The number of aromatic nitrogens is 1. The molecule has 0 saturated heterocycles. The number of unbranched alkanes of at least 4 members (excludes halogenated alkanes) is 5. The molecule has 0 amide bonds. The van der Waals surface area contributed by atoms with Crippen molar-refractivity contribution in [2.45, 2.75) is 56.6 Å². The molecule has 4 heteroatoms. The molecule has 0 aliphatic rings. The van der Waals surface area contributed by atoms with Crippen LogP contribution in [0.15, 0.2) is 4.21 Å². The van der Waals surface area contributed by atoms with E-state index in [4.69, 9.17) is 5.73 Å². The Balaban J connectivity index is 2.05. The SMILES string of the molecule is CCCCCCCCSc1sc(N)nc1C. The van der Waals surface area contributed by atoms with Crippen molar-refractivity contribution in [3.05, 3.63) is 5.69 Å². The fourth-order valence-corrected chi connectivity index (χ4v) is 3.68. The van der Waals surface area contributed by atoms with Gasteiger partial charge >= 0.3 is 0 Å². The van der Waals surface area contributed by atoms with Crippen LogP contribution in [0.1, 0.15) is 51.1 Å². The van der Waals surface area contributed by atoms with Crippen LogP contribution in [-0.2, 0) is 0 Å². The van der Waals surface area contributed by atoms with Gasteiger partial charge in [0.05, 0.1) is 9.90 Å². The molecule has 0 aromatic carbocycles. The molecule has 0 aliphatic carbocycles. The summed E-state index contributed by atoms with van der Waals surface area (Å²) in [5.74, 6) is 1.20. The van der Waals surface area contributed by atoms with Crippen LogP contribution < -0.4 is 5.73 Å². The van der Waals surface area contributed by atoms with Gasteiger partial charge in [-0.15, -0.1) is 11.8 Å². The standard InChI is InChI=1S/C12H22N2S2/c1-3-4-5-6-7-8-9-15-11-10(2)14-12(13)16-11/h3-9H2,1-2H3,(H2,13,14). The van der Waals surface area contributed by atoms with Crippen molar-refractivity contribution in [3.63, 3.8) is 0 Å². The minimum atomic E-state index is 0.697. The lowest BCUT2D eigenvalue weighted by Crippen LogP contribution is -1.83. The second-order valence-electron chi connectivity index (χ2n) is 4.04. The molecule has 0 saturated carbocycles. The average molecular weight is 258 g/mol. The van der Waals surface area contributed by atoms with Gasteiger partial charge in [0, 0.05) is 0 Å². The van der Waals surface area contributed by atoms with E-state index in [2.05, 4.69) is 11.9 Å². The summed E-state index contributed by atoms with van der Waals surface area (Å²) in [4.78, 5) is 4.23. The lowest BCUT2D eigenvalue weighted by molar-refractivity contribution is 0.627. The predicted octanol–water partition coefficient (Wildman–Crippen LogP) is 4.49. The zero-order chi connectivity index (χ0) is 11.8. The highest BCUT2D eigenvalue weighted by Crippen LogP contribution is 2.31. The van der Waals surface area contributed by atoms with Crippen molar-refractivity contribution in [1.82, 2.24) is 4.98 Å². The molecule has 1 rings (SSSR count). The van der Waals surface area contributed by atoms with E-state index in [1.807, 2.05) is 18.7 Å². The van der Waals surface area contributed by atoms with Gasteiger partial charge in [-0.2, -0.15) is 0 Å². The number of thioether (sulfide) groups is 1. The quantitative estimate of drug-likeness (QED) is 0.551. The Bertz CT molecular complexity index is 297. The number of nitrogen functional groups attached to an aromatic ring is 1. The second-order valence-corrected chi connectivity index (χ2v) is 6.44. The summed E-state index contributed by atoms with van der Waals surface area (Å²) < 4.78 is 1.30. The number of nitrogens with zero attached hydrogens (tertiary/aromatic N) is 1. The molecular formula is C12H22N2S2. The van der Waals surface area contributed by atoms with E-state index in [1.54, 1.807) is 11.3 Å². The first-order chi connectivity index (χ1) is 7.74. The van der Waals surface area contributed by atoms with E-state index in [0.29, 0.717) is 5.13 Å². The van der Waals surface area contributed by atoms with Crippen LogP contribution in [0, 0.1) is 6.92 Å². The van der Waals surface area contributed by atoms with Crippen LogP contribution in [0.3, 0.4) is 0 Å². The summed E-state index contributed by atoms with van der Waals surface area (Å²) in [6.45, 7) is 4.29. The van der Waals surface area contributed by atoms with E-state index in [-0.39, 0.29) is 0 Å². The maximum absolute atomic E-state index is 5.66. The third kappa shape index (κ3) is 5.21. The summed E-state index contributed by atoms with van der Waals surface area (Å²) in [6.07, 6.45) is 8.17. The van der Waals surface area contributed by atoms with Gasteiger partial charge in [-0.1, -0.05) is 50.4 Å². The Morgan fingerprint density at radius 1 is 1.19 bits per heavy atom. The summed E-state index contributed by atoms with van der Waals surface area (Å²) in [6, 6.07) is 0. The van der Waals surface area contributed by atoms with Crippen molar-refractivity contribution in [1.29, 1.82) is 0 Å². The van der Waals surface area contributed by atoms with Crippen molar-refractivity contribution >= 4 is 28.2 Å². The van der Waals surface area contributed by atoms with Gasteiger partial charge in [0.25, 0.3) is 0 Å². The summed E-state index contributed by atoms with van der Waals surface area (Å²) in [5.41, 5.74) is 6.75. The fourth-order valence-electron chi connectivity index (χ4n) is 1.58. The summed E-state index contributed by atoms with van der Waals surface area (Å²) in [5, 5.41) is 0.697. The number of aryl methyl sites for hydroxylation is 1. The molecule has 2 N–H and O–H groups in total. The smallest absolute Gasteiger partial charge is 0.181 e. The molecule has 0 unspecified atom stereocenters. The summed E-state index contributed by atoms with van der Waals surface area (Å²) in [7, 11) is 0. The van der Waals surface area contributed by atoms with Gasteiger partial charge in [0.2, 0.25) is 0 Å². The molecule has 0 spiro atoms. The molecule has 1 aromatic rings. The first-order valence-electron chi connectivity index (χ1n) is 6.09. The molecule has 0 fully saturated rings. The molecule has 92 valence electrons. The number of thiazole rings is 1. The highest BCUT2D eigenvalue weighted by atomic mass is 32.2. The lowest BCUT2D eigenvalue weighted by atomic mass is 10.1. The second kappa shape index (κ2) is 7.96. The lowest BCUT2D eigenvalue weighted by Gasteiger charge is -2.00. The highest BCUT2D eigenvalue weighted by Gasteiger charge is 2.04. The van der Waals surface area contributed by atoms with Gasteiger partial charge in [-0.3, -0.25) is 0 Å². The number of nitrogens with two attached hydrogens (primary N) is 1. The molecule has 0 atom stereocenters. The minimum Gasteiger partial charge on any atom is -0.375 e. The largest absolute Gasteiger partial charge is 0.375 e. The van der Waals surface area contributed by atoms with E-state index in [9.17, 15) is 0 Å². The third-order valence-electron chi connectivity index (χ3n) is 2.50.